The first-order chi connectivity index (χ1) is 5.08. The fourth-order valence-corrected chi connectivity index (χ4v) is 2.91. The van der Waals surface area contributed by atoms with Crippen LogP contribution in [0.25, 0.3) is 0 Å². The maximum atomic E-state index is 5.74. The second-order valence-electron chi connectivity index (χ2n) is 2.28. The van der Waals surface area contributed by atoms with Crippen LogP contribution in [0.1, 0.15) is 5.56 Å². The van der Waals surface area contributed by atoms with Crippen molar-refractivity contribution in [3.8, 4) is 0 Å². The molecule has 0 saturated carbocycles. The number of hydrogen-bond acceptors (Lipinski definition) is 0. The smallest absolute Gasteiger partial charge is 0.126 e. The minimum Gasteiger partial charge on any atom is -0.126 e. The van der Waals surface area contributed by atoms with Gasteiger partial charge in [0.05, 0.1) is 0 Å². The minimum atomic E-state index is -2.48. The number of hydrogen-bond donors (Lipinski definition) is 0. The van der Waals surface area contributed by atoms with Crippen LogP contribution in [0, 0.1) is 0 Å². The van der Waals surface area contributed by atoms with Gasteiger partial charge in [0.25, 0.3) is 0 Å². The van der Waals surface area contributed by atoms with E-state index >= 15 is 0 Å². The Bertz CT molecular complexity index is 217. The average molecular weight is 226 g/mol. The van der Waals surface area contributed by atoms with Crippen molar-refractivity contribution in [3.63, 3.8) is 0 Å². The van der Waals surface area contributed by atoms with Gasteiger partial charge < -0.3 is 0 Å². The van der Waals surface area contributed by atoms with E-state index in [1.807, 2.05) is 30.3 Å². The summed E-state index contributed by atoms with van der Waals surface area (Å²) < 4.78 is 0. The highest BCUT2D eigenvalue weighted by Crippen LogP contribution is 2.24. The van der Waals surface area contributed by atoms with E-state index in [9.17, 15) is 0 Å². The lowest BCUT2D eigenvalue weighted by Crippen LogP contribution is -2.13. The monoisotopic (exact) mass is 224 g/mol. The summed E-state index contributed by atoms with van der Waals surface area (Å²) in [5, 5.41) is 0. The molecule has 11 heavy (non-hydrogen) atoms. The second kappa shape index (κ2) is 3.81. The molecular weight excluding hydrogens is 219 g/mol. The molecule has 1 aromatic rings. The molecule has 0 bridgehead atoms. The van der Waals surface area contributed by atoms with Crippen molar-refractivity contribution in [3.05, 3.63) is 35.9 Å². The highest BCUT2D eigenvalue weighted by Gasteiger charge is 2.24. The van der Waals surface area contributed by atoms with Gasteiger partial charge in [0.15, 0.2) is 0 Å². The molecule has 60 valence electrons. The van der Waals surface area contributed by atoms with Crippen LogP contribution in [0.2, 0.25) is 0 Å². The zero-order chi connectivity index (χ0) is 8.32. The molecule has 0 unspecified atom stereocenters. The molecule has 0 saturated heterocycles. The lowest BCUT2D eigenvalue weighted by molar-refractivity contribution is 1.39. The summed E-state index contributed by atoms with van der Waals surface area (Å²) in [5.41, 5.74) is 1.10. The fourth-order valence-electron chi connectivity index (χ4n) is 0.827. The van der Waals surface area contributed by atoms with Crippen LogP contribution in [-0.4, -0.2) is 6.00 Å². The minimum absolute atomic E-state index is 0.596. The van der Waals surface area contributed by atoms with Crippen LogP contribution in [-0.2, 0) is 6.04 Å². The molecule has 0 N–H and O–H groups in total. The molecule has 0 aliphatic carbocycles. The SMILES string of the molecule is Cl[Si](Cl)(Cl)Cc1ccccc1. The highest BCUT2D eigenvalue weighted by atomic mass is 35.8. The van der Waals surface area contributed by atoms with Crippen molar-refractivity contribution < 1.29 is 0 Å². The largest absolute Gasteiger partial charge is 0.345 e. The van der Waals surface area contributed by atoms with Gasteiger partial charge in [-0.3, -0.25) is 0 Å². The molecule has 0 heterocycles. The Hall–Kier alpha value is 0.307. The Kier molecular flexibility index (Phi) is 3.25. The van der Waals surface area contributed by atoms with E-state index < -0.39 is 6.00 Å². The number of rotatable bonds is 2. The maximum Gasteiger partial charge on any atom is 0.345 e. The molecule has 0 fully saturated rings. The Labute approximate surface area is 81.2 Å². The van der Waals surface area contributed by atoms with Crippen LogP contribution >= 0.6 is 33.2 Å². The lowest BCUT2D eigenvalue weighted by atomic mass is 10.2. The van der Waals surface area contributed by atoms with Crippen molar-refractivity contribution in [2.24, 2.45) is 0 Å². The molecule has 0 amide bonds. The predicted octanol–water partition coefficient (Wildman–Crippen LogP) is 3.42. The lowest BCUT2D eigenvalue weighted by Gasteiger charge is -2.06. The summed E-state index contributed by atoms with van der Waals surface area (Å²) >= 11 is 17.2. The summed E-state index contributed by atoms with van der Waals surface area (Å²) in [6.45, 7) is 0. The number of benzene rings is 1. The third-order valence-corrected chi connectivity index (χ3v) is 3.26. The summed E-state index contributed by atoms with van der Waals surface area (Å²) in [4.78, 5) is 0. The quantitative estimate of drug-likeness (QED) is 0.534. The fraction of sp³-hybridized carbons (Fsp3) is 0.143. The Morgan fingerprint density at radius 2 is 1.55 bits per heavy atom. The van der Waals surface area contributed by atoms with Crippen molar-refractivity contribution in [1.29, 1.82) is 0 Å². The first kappa shape index (κ1) is 9.40. The van der Waals surface area contributed by atoms with Crippen molar-refractivity contribution in [1.82, 2.24) is 0 Å². The zero-order valence-corrected chi connectivity index (χ0v) is 9.00. The Balaban J connectivity index is 2.66. The standard InChI is InChI=1S/C7H7Cl3Si/c8-11(9,10)6-7-4-2-1-3-5-7/h1-5H,6H2. The molecule has 0 aromatic heterocycles. The number of halogens is 3. The molecule has 0 aliphatic rings. The maximum absolute atomic E-state index is 5.74. The van der Waals surface area contributed by atoms with Crippen molar-refractivity contribution in [2.45, 2.75) is 6.04 Å². The van der Waals surface area contributed by atoms with Crippen LogP contribution in [0.15, 0.2) is 30.3 Å². The van der Waals surface area contributed by atoms with Gasteiger partial charge >= 0.3 is 6.00 Å². The summed E-state index contributed by atoms with van der Waals surface area (Å²) in [7, 11) is 0. The molecule has 4 heteroatoms. The molecule has 0 nitrogen and oxygen atoms in total. The topological polar surface area (TPSA) is 0 Å². The average Bonchev–Trinajstić information content (AvgIpc) is 1.85. The van der Waals surface area contributed by atoms with E-state index in [1.54, 1.807) is 0 Å². The van der Waals surface area contributed by atoms with E-state index in [0.29, 0.717) is 6.04 Å². The van der Waals surface area contributed by atoms with Crippen molar-refractivity contribution in [2.75, 3.05) is 0 Å². The molecule has 0 radical (unpaired) electrons. The highest BCUT2D eigenvalue weighted by molar-refractivity contribution is 7.64. The van der Waals surface area contributed by atoms with Gasteiger partial charge in [-0.2, -0.15) is 0 Å². The molecule has 1 rings (SSSR count). The third-order valence-electron chi connectivity index (χ3n) is 1.25. The van der Waals surface area contributed by atoms with Crippen LogP contribution in [0.3, 0.4) is 0 Å². The van der Waals surface area contributed by atoms with Gasteiger partial charge in [0.2, 0.25) is 0 Å². The van der Waals surface area contributed by atoms with Gasteiger partial charge in [-0.1, -0.05) is 30.3 Å². The van der Waals surface area contributed by atoms with E-state index in [1.165, 1.54) is 0 Å². The molecular formula is C7H7Cl3Si. The summed E-state index contributed by atoms with van der Waals surface area (Å²) in [5.74, 6) is 0. The van der Waals surface area contributed by atoms with Gasteiger partial charge in [-0.05, 0) is 5.56 Å². The van der Waals surface area contributed by atoms with E-state index in [-0.39, 0.29) is 0 Å². The van der Waals surface area contributed by atoms with E-state index in [4.69, 9.17) is 33.2 Å². The molecule has 0 atom stereocenters. The van der Waals surface area contributed by atoms with Gasteiger partial charge in [-0.25, -0.2) is 0 Å². The van der Waals surface area contributed by atoms with Gasteiger partial charge in [0.1, 0.15) is 0 Å². The van der Waals surface area contributed by atoms with Crippen LogP contribution in [0.5, 0.6) is 0 Å². The molecule has 0 spiro atoms. The Morgan fingerprint density at radius 3 is 2.00 bits per heavy atom. The molecule has 1 aromatic carbocycles. The van der Waals surface area contributed by atoms with Gasteiger partial charge in [-0.15, -0.1) is 33.2 Å². The summed E-state index contributed by atoms with van der Waals surface area (Å²) in [6.07, 6.45) is 0. The van der Waals surface area contributed by atoms with Crippen molar-refractivity contribution >= 4 is 39.2 Å². The second-order valence-corrected chi connectivity index (χ2v) is 11.4. The summed E-state index contributed by atoms with van der Waals surface area (Å²) in [6, 6.07) is 7.89. The van der Waals surface area contributed by atoms with E-state index in [2.05, 4.69) is 0 Å². The van der Waals surface area contributed by atoms with Crippen LogP contribution in [0.4, 0.5) is 0 Å². The third kappa shape index (κ3) is 4.02. The molecule has 0 aliphatic heterocycles. The normalized spacial score (nSPS) is 11.5. The zero-order valence-electron chi connectivity index (χ0n) is 5.73. The first-order valence-electron chi connectivity index (χ1n) is 3.18. The first-order valence-corrected chi connectivity index (χ1v) is 8.43. The van der Waals surface area contributed by atoms with Gasteiger partial charge in [0, 0.05) is 6.04 Å². The van der Waals surface area contributed by atoms with E-state index in [0.717, 1.165) is 5.56 Å². The Morgan fingerprint density at radius 1 is 1.00 bits per heavy atom. The predicted molar refractivity (Wildman–Crippen MR) is 53.5 cm³/mol. The van der Waals surface area contributed by atoms with Crippen LogP contribution < -0.4 is 0 Å².